The summed E-state index contributed by atoms with van der Waals surface area (Å²) in [6.45, 7) is 0.603. The molecule has 24 heavy (non-hydrogen) atoms. The van der Waals surface area contributed by atoms with E-state index in [1.54, 1.807) is 6.07 Å². The second kappa shape index (κ2) is 5.86. The van der Waals surface area contributed by atoms with Crippen LogP contribution in [-0.4, -0.2) is 27.8 Å². The van der Waals surface area contributed by atoms with Gasteiger partial charge in [-0.2, -0.15) is 0 Å². The molecular formula is C19H16N4O. The largest absolute Gasteiger partial charge is 0.390 e. The summed E-state index contributed by atoms with van der Waals surface area (Å²) >= 11 is 0. The van der Waals surface area contributed by atoms with Crippen molar-refractivity contribution in [3.63, 3.8) is 0 Å². The number of aliphatic hydroxyl groups excluding tert-OH is 1. The van der Waals surface area contributed by atoms with E-state index in [-0.39, 0.29) is 6.61 Å². The Hall–Kier alpha value is -3.05. The Morgan fingerprint density at radius 3 is 2.79 bits per heavy atom. The summed E-state index contributed by atoms with van der Waals surface area (Å²) in [7, 11) is 0. The maximum Gasteiger partial charge on any atom is 0.133 e. The molecule has 3 heterocycles. The first kappa shape index (κ1) is 14.5. The third-order valence-corrected chi connectivity index (χ3v) is 4.11. The Bertz CT molecular complexity index is 992. The van der Waals surface area contributed by atoms with E-state index in [2.05, 4.69) is 21.0 Å². The van der Waals surface area contributed by atoms with E-state index >= 15 is 0 Å². The third-order valence-electron chi connectivity index (χ3n) is 4.11. The Labute approximate surface area is 139 Å². The number of hydrogen-bond donors (Lipinski definition) is 2. The molecule has 5 heteroatoms. The number of allylic oxidation sites excluding steroid dienone is 1. The predicted molar refractivity (Wildman–Crippen MR) is 96.6 cm³/mol. The minimum atomic E-state index is -0.102. The number of rotatable bonds is 3. The molecule has 0 saturated carbocycles. The molecule has 4 rings (SSSR count). The van der Waals surface area contributed by atoms with Gasteiger partial charge in [-0.3, -0.25) is 9.98 Å². The van der Waals surface area contributed by atoms with Gasteiger partial charge in [0.25, 0.3) is 0 Å². The highest BCUT2D eigenvalue weighted by Gasteiger charge is 2.11. The number of anilines is 1. The van der Waals surface area contributed by atoms with Crippen molar-refractivity contribution in [2.75, 3.05) is 12.3 Å². The van der Waals surface area contributed by atoms with E-state index in [1.165, 1.54) is 5.57 Å². The van der Waals surface area contributed by atoms with E-state index < -0.39 is 0 Å². The lowest BCUT2D eigenvalue weighted by Gasteiger charge is -2.09. The minimum Gasteiger partial charge on any atom is -0.390 e. The maximum absolute atomic E-state index is 9.26. The lowest BCUT2D eigenvalue weighted by molar-refractivity contribution is 0.277. The van der Waals surface area contributed by atoms with Crippen LogP contribution in [-0.2, 0) is 6.61 Å². The van der Waals surface area contributed by atoms with E-state index in [4.69, 9.17) is 5.73 Å². The van der Waals surface area contributed by atoms with Crippen molar-refractivity contribution < 1.29 is 5.11 Å². The highest BCUT2D eigenvalue weighted by atomic mass is 16.3. The first-order chi connectivity index (χ1) is 11.7. The molecule has 0 amide bonds. The number of nitrogens with two attached hydrogens (primary N) is 1. The monoisotopic (exact) mass is 316 g/mol. The van der Waals surface area contributed by atoms with E-state index in [9.17, 15) is 5.11 Å². The lowest BCUT2D eigenvalue weighted by Crippen LogP contribution is -1.98. The molecule has 3 aromatic rings. The van der Waals surface area contributed by atoms with Crippen LogP contribution in [0.3, 0.4) is 0 Å². The highest BCUT2D eigenvalue weighted by Crippen LogP contribution is 2.29. The zero-order valence-corrected chi connectivity index (χ0v) is 13.0. The quantitative estimate of drug-likeness (QED) is 0.778. The van der Waals surface area contributed by atoms with Gasteiger partial charge in [0.2, 0.25) is 0 Å². The summed E-state index contributed by atoms with van der Waals surface area (Å²) in [5.74, 6) is 0.430. The van der Waals surface area contributed by atoms with Crippen LogP contribution < -0.4 is 5.73 Å². The van der Waals surface area contributed by atoms with Crippen molar-refractivity contribution >= 4 is 28.5 Å². The first-order valence-electron chi connectivity index (χ1n) is 7.71. The molecule has 1 aliphatic heterocycles. The molecular weight excluding hydrogens is 300 g/mol. The van der Waals surface area contributed by atoms with Gasteiger partial charge in [0.1, 0.15) is 5.82 Å². The van der Waals surface area contributed by atoms with E-state index in [1.807, 2.05) is 42.6 Å². The smallest absolute Gasteiger partial charge is 0.133 e. The number of nitrogen functional groups attached to an aromatic ring is 1. The Morgan fingerprint density at radius 1 is 1.08 bits per heavy atom. The van der Waals surface area contributed by atoms with Gasteiger partial charge in [0.05, 0.1) is 30.1 Å². The fourth-order valence-electron chi connectivity index (χ4n) is 2.84. The number of fused-ring (bicyclic) bond motifs is 1. The highest BCUT2D eigenvalue weighted by molar-refractivity contribution is 5.94. The zero-order valence-electron chi connectivity index (χ0n) is 13.0. The van der Waals surface area contributed by atoms with Crippen LogP contribution in [0.2, 0.25) is 0 Å². The number of nitrogens with zero attached hydrogens (tertiary/aromatic N) is 3. The Morgan fingerprint density at radius 2 is 2.00 bits per heavy atom. The first-order valence-corrected chi connectivity index (χ1v) is 7.71. The number of pyridine rings is 2. The maximum atomic E-state index is 9.26. The molecule has 0 aliphatic carbocycles. The van der Waals surface area contributed by atoms with Gasteiger partial charge in [0.15, 0.2) is 0 Å². The minimum absolute atomic E-state index is 0.102. The van der Waals surface area contributed by atoms with Crippen LogP contribution in [0.5, 0.6) is 0 Å². The molecule has 0 atom stereocenters. The second-order valence-corrected chi connectivity index (χ2v) is 5.68. The second-order valence-electron chi connectivity index (χ2n) is 5.68. The molecule has 0 fully saturated rings. The summed E-state index contributed by atoms with van der Waals surface area (Å²) in [5.41, 5.74) is 11.4. The van der Waals surface area contributed by atoms with Crippen molar-refractivity contribution in [1.29, 1.82) is 0 Å². The zero-order chi connectivity index (χ0) is 16.5. The molecule has 0 spiro atoms. The number of aliphatic imine (C=N–C) groups is 1. The summed E-state index contributed by atoms with van der Waals surface area (Å²) in [4.78, 5) is 13.2. The van der Waals surface area contributed by atoms with Crippen LogP contribution in [0, 0.1) is 0 Å². The van der Waals surface area contributed by atoms with Crippen LogP contribution in [0.4, 0.5) is 5.82 Å². The van der Waals surface area contributed by atoms with Gasteiger partial charge < -0.3 is 10.8 Å². The summed E-state index contributed by atoms with van der Waals surface area (Å²) in [6.07, 6.45) is 3.84. The molecule has 1 aliphatic rings. The summed E-state index contributed by atoms with van der Waals surface area (Å²) < 4.78 is 0. The average molecular weight is 316 g/mol. The van der Waals surface area contributed by atoms with Gasteiger partial charge in [-0.15, -0.1) is 0 Å². The fourth-order valence-corrected chi connectivity index (χ4v) is 2.84. The van der Waals surface area contributed by atoms with Crippen LogP contribution in [0.25, 0.3) is 27.7 Å². The topological polar surface area (TPSA) is 84.4 Å². The van der Waals surface area contributed by atoms with Crippen molar-refractivity contribution in [3.05, 3.63) is 59.8 Å². The van der Waals surface area contributed by atoms with Crippen molar-refractivity contribution in [1.82, 2.24) is 9.97 Å². The van der Waals surface area contributed by atoms with Gasteiger partial charge in [0, 0.05) is 17.2 Å². The van der Waals surface area contributed by atoms with Gasteiger partial charge in [-0.1, -0.05) is 18.2 Å². The predicted octanol–water partition coefficient (Wildman–Crippen LogP) is 2.84. The number of benzene rings is 1. The number of aliphatic hydroxyl groups is 1. The van der Waals surface area contributed by atoms with E-state index in [0.717, 1.165) is 22.0 Å². The van der Waals surface area contributed by atoms with E-state index in [0.29, 0.717) is 23.8 Å². The number of aromatic nitrogens is 2. The molecule has 5 nitrogen and oxygen atoms in total. The van der Waals surface area contributed by atoms with Crippen molar-refractivity contribution in [2.45, 2.75) is 6.61 Å². The van der Waals surface area contributed by atoms with Crippen LogP contribution in [0.15, 0.2) is 53.5 Å². The summed E-state index contributed by atoms with van der Waals surface area (Å²) in [5, 5.41) is 10.3. The number of hydrogen-bond acceptors (Lipinski definition) is 5. The molecule has 1 aromatic carbocycles. The Balaban J connectivity index is 1.81. The fraction of sp³-hybridized carbons (Fsp3) is 0.105. The van der Waals surface area contributed by atoms with Crippen molar-refractivity contribution in [3.8, 4) is 11.3 Å². The summed E-state index contributed by atoms with van der Waals surface area (Å²) in [6, 6.07) is 13.6. The molecule has 0 radical (unpaired) electrons. The van der Waals surface area contributed by atoms with Gasteiger partial charge >= 0.3 is 0 Å². The van der Waals surface area contributed by atoms with Crippen LogP contribution in [0.1, 0.15) is 11.3 Å². The standard InChI is InChI=1S/C19H16N4O/c20-19-16(17-3-1-2-15(11-24)22-17)8-13-5-4-12(9-18(13)23-19)14-6-7-21-10-14/h1-9,24H,10-11H2,(H2,20,23). The third kappa shape index (κ3) is 2.55. The lowest BCUT2D eigenvalue weighted by atomic mass is 10.0. The van der Waals surface area contributed by atoms with Crippen LogP contribution >= 0.6 is 0 Å². The normalized spacial score (nSPS) is 13.5. The van der Waals surface area contributed by atoms with Gasteiger partial charge in [-0.25, -0.2) is 4.98 Å². The molecule has 0 saturated heterocycles. The molecule has 118 valence electrons. The van der Waals surface area contributed by atoms with Crippen molar-refractivity contribution in [2.24, 2.45) is 4.99 Å². The molecule has 3 N–H and O–H groups in total. The molecule has 0 unspecified atom stereocenters. The Kier molecular flexibility index (Phi) is 3.55. The molecule has 2 aromatic heterocycles. The molecule has 0 bridgehead atoms. The SMILES string of the molecule is Nc1nc2cc(C3=CC=NC3)ccc2cc1-c1cccc(CO)n1. The average Bonchev–Trinajstić information content (AvgIpc) is 3.15. The van der Waals surface area contributed by atoms with Gasteiger partial charge in [-0.05, 0) is 41.5 Å².